The van der Waals surface area contributed by atoms with E-state index in [1.54, 1.807) is 11.8 Å². The molecule has 2 heterocycles. The molecule has 15 heteroatoms. The van der Waals surface area contributed by atoms with Crippen LogP contribution in [0.2, 0.25) is 5.02 Å². The number of amides is 2. The van der Waals surface area contributed by atoms with E-state index in [0.717, 1.165) is 10.9 Å². The molecule has 0 aromatic heterocycles. The van der Waals surface area contributed by atoms with E-state index >= 15 is 0 Å². The molecule has 6 nitrogen and oxygen atoms in total. The lowest BCUT2D eigenvalue weighted by Crippen LogP contribution is -2.53. The quantitative estimate of drug-likeness (QED) is 0.181. The number of rotatable bonds is 5. The molecular formula is C29H23BCl4F4N2O4. The Labute approximate surface area is 270 Å². The summed E-state index contributed by atoms with van der Waals surface area (Å²) in [5.74, 6) is -2.57. The number of hydrogen-bond donors (Lipinski definition) is 1. The molecule has 0 aliphatic carbocycles. The van der Waals surface area contributed by atoms with Crippen LogP contribution in [0.4, 0.5) is 23.2 Å². The van der Waals surface area contributed by atoms with E-state index in [0.29, 0.717) is 31.5 Å². The number of alkyl halides is 6. The lowest BCUT2D eigenvalue weighted by atomic mass is 9.57. The van der Waals surface area contributed by atoms with Crippen molar-refractivity contribution in [2.24, 2.45) is 0 Å². The van der Waals surface area contributed by atoms with E-state index < -0.39 is 46.4 Å². The number of fused-ring (bicyclic) bond motifs is 1. The first-order valence-electron chi connectivity index (χ1n) is 13.3. The van der Waals surface area contributed by atoms with E-state index in [9.17, 15) is 32.3 Å². The molecule has 3 aromatic carbocycles. The van der Waals surface area contributed by atoms with Gasteiger partial charge in [-0.2, -0.15) is 13.2 Å². The minimum absolute atomic E-state index is 0.0364. The SMILES string of the molecule is CC1(O)CCN(C(=O)c2ccc(Cl)c(-c3ccc(N4B(C(Cl)(Cl)Cl)c5cccc(F)c5C4=O)c(OCC(F)(F)F)c3)c2)CC1. The minimum Gasteiger partial charge on any atom is -0.482 e. The van der Waals surface area contributed by atoms with Gasteiger partial charge in [0.05, 0.1) is 16.9 Å². The molecule has 5 rings (SSSR count). The average Bonchev–Trinajstić information content (AvgIpc) is 3.25. The maximum atomic E-state index is 14.8. The Hall–Kier alpha value is -2.70. The number of benzene rings is 3. The Bertz CT molecular complexity index is 1620. The van der Waals surface area contributed by atoms with E-state index in [1.807, 2.05) is 0 Å². The fraction of sp³-hybridized carbons (Fsp3) is 0.310. The third-order valence-corrected chi connectivity index (χ3v) is 8.55. The third-order valence-electron chi connectivity index (χ3n) is 7.60. The second-order valence-electron chi connectivity index (χ2n) is 10.9. The van der Waals surface area contributed by atoms with Crippen molar-refractivity contribution in [3.05, 3.63) is 76.6 Å². The summed E-state index contributed by atoms with van der Waals surface area (Å²) >= 11 is 25.2. The van der Waals surface area contributed by atoms with Crippen LogP contribution in [-0.4, -0.2) is 63.8 Å². The van der Waals surface area contributed by atoms with Crippen molar-refractivity contribution >= 4 is 76.2 Å². The Balaban J connectivity index is 1.57. The van der Waals surface area contributed by atoms with Crippen LogP contribution >= 0.6 is 46.4 Å². The molecule has 3 aromatic rings. The molecule has 2 aliphatic rings. The molecule has 1 N–H and O–H groups in total. The Morgan fingerprint density at radius 3 is 2.39 bits per heavy atom. The zero-order chi connectivity index (χ0) is 32.2. The van der Waals surface area contributed by atoms with Gasteiger partial charge in [-0.15, -0.1) is 0 Å². The largest absolute Gasteiger partial charge is 0.482 e. The van der Waals surface area contributed by atoms with Gasteiger partial charge >= 0.3 is 13.0 Å². The average molecular weight is 692 g/mol. The number of hydrogen-bond acceptors (Lipinski definition) is 4. The second-order valence-corrected chi connectivity index (χ2v) is 13.7. The molecule has 0 atom stereocenters. The highest BCUT2D eigenvalue weighted by molar-refractivity contribution is 7.05. The number of piperidine rings is 1. The van der Waals surface area contributed by atoms with Crippen molar-refractivity contribution in [1.29, 1.82) is 0 Å². The normalized spacial score (nSPS) is 16.8. The van der Waals surface area contributed by atoms with Crippen molar-refractivity contribution in [3.8, 4) is 16.9 Å². The molecule has 0 saturated carbocycles. The van der Waals surface area contributed by atoms with Crippen LogP contribution in [0.25, 0.3) is 11.1 Å². The zero-order valence-corrected chi connectivity index (χ0v) is 25.9. The van der Waals surface area contributed by atoms with Crippen LogP contribution in [0.5, 0.6) is 5.75 Å². The van der Waals surface area contributed by atoms with Crippen molar-refractivity contribution in [2.75, 3.05) is 24.5 Å². The van der Waals surface area contributed by atoms with E-state index in [1.165, 1.54) is 48.5 Å². The molecule has 44 heavy (non-hydrogen) atoms. The summed E-state index contributed by atoms with van der Waals surface area (Å²) in [4.78, 5) is 29.2. The molecular weight excluding hydrogens is 669 g/mol. The van der Waals surface area contributed by atoms with Gasteiger partial charge in [-0.25, -0.2) is 4.39 Å². The first-order valence-corrected chi connectivity index (χ1v) is 14.8. The Morgan fingerprint density at radius 1 is 1.07 bits per heavy atom. The van der Waals surface area contributed by atoms with Gasteiger partial charge in [-0.3, -0.25) is 9.59 Å². The second kappa shape index (κ2) is 11.9. The number of halogens is 8. The van der Waals surface area contributed by atoms with Gasteiger partial charge < -0.3 is 19.6 Å². The lowest BCUT2D eigenvalue weighted by molar-refractivity contribution is -0.153. The summed E-state index contributed by atoms with van der Waals surface area (Å²) < 4.78 is 57.7. The fourth-order valence-electron chi connectivity index (χ4n) is 5.35. The summed E-state index contributed by atoms with van der Waals surface area (Å²) in [5, 5.41) is 10.4. The molecule has 0 spiro atoms. The molecule has 2 amide bonds. The van der Waals surface area contributed by atoms with Crippen LogP contribution in [-0.2, 0) is 0 Å². The van der Waals surface area contributed by atoms with Crippen LogP contribution in [0.3, 0.4) is 0 Å². The molecule has 0 unspecified atom stereocenters. The highest BCUT2D eigenvalue weighted by Crippen LogP contribution is 2.43. The van der Waals surface area contributed by atoms with Crippen LogP contribution in [0.1, 0.15) is 40.5 Å². The van der Waals surface area contributed by atoms with Gasteiger partial charge in [0.1, 0.15) is 11.6 Å². The van der Waals surface area contributed by atoms with Crippen molar-refractivity contribution < 1.29 is 37.0 Å². The first kappa shape index (κ1) is 32.7. The number of ether oxygens (including phenoxy) is 1. The standard InChI is InChI=1S/C29H23BCl4F4N2O4/c1-27(43)9-11-39(12-10-27)25(41)17-5-7-20(31)18(13-17)16-6-8-22(23(14-16)44-15-28(36,37)38)40-26(42)24-19(3-2-4-21(24)35)30(40)29(32,33)34/h2-8,13-14,43H,9-12,15H2,1H3. The summed E-state index contributed by atoms with van der Waals surface area (Å²) in [6.07, 6.45) is -3.95. The number of nitrogens with zero attached hydrogens (tertiary/aromatic N) is 2. The fourth-order valence-corrected chi connectivity index (χ4v) is 6.22. The van der Waals surface area contributed by atoms with Crippen molar-refractivity contribution in [2.45, 2.75) is 35.2 Å². The molecule has 232 valence electrons. The van der Waals surface area contributed by atoms with E-state index in [-0.39, 0.29) is 38.8 Å². The number of carbonyl (C=O) groups is 2. The van der Waals surface area contributed by atoms with Gasteiger partial charge in [-0.1, -0.05) is 64.6 Å². The number of aliphatic hydroxyl groups is 1. The third kappa shape index (κ3) is 6.62. The molecule has 2 aliphatic heterocycles. The maximum absolute atomic E-state index is 14.8. The topological polar surface area (TPSA) is 70.1 Å². The maximum Gasteiger partial charge on any atom is 0.422 e. The molecule has 0 bridgehead atoms. The van der Waals surface area contributed by atoms with Gasteiger partial charge in [0.2, 0.25) is 5.91 Å². The van der Waals surface area contributed by atoms with Crippen molar-refractivity contribution in [3.63, 3.8) is 0 Å². The van der Waals surface area contributed by atoms with Gasteiger partial charge in [0.25, 0.3) is 5.91 Å². The number of anilines is 1. The number of carbonyl (C=O) groups excluding carboxylic acids is 2. The first-order chi connectivity index (χ1) is 20.5. The van der Waals surface area contributed by atoms with E-state index in [4.69, 9.17) is 51.1 Å². The summed E-state index contributed by atoms with van der Waals surface area (Å²) in [6, 6.07) is 12.2. The van der Waals surface area contributed by atoms with Gasteiger partial charge in [0.15, 0.2) is 10.3 Å². The molecule has 1 fully saturated rings. The zero-order valence-electron chi connectivity index (χ0n) is 22.9. The summed E-state index contributed by atoms with van der Waals surface area (Å²) in [5.41, 5.74) is -0.603. The highest BCUT2D eigenvalue weighted by Gasteiger charge is 2.54. The predicted molar refractivity (Wildman–Crippen MR) is 163 cm³/mol. The predicted octanol–water partition coefficient (Wildman–Crippen LogP) is 6.84. The molecule has 0 radical (unpaired) electrons. The van der Waals surface area contributed by atoms with Gasteiger partial charge in [0, 0.05) is 29.2 Å². The monoisotopic (exact) mass is 690 g/mol. The lowest BCUT2D eigenvalue weighted by Gasteiger charge is -2.35. The summed E-state index contributed by atoms with van der Waals surface area (Å²) in [6.45, 7) is -0.746. The van der Waals surface area contributed by atoms with Crippen LogP contribution in [0, 0.1) is 5.82 Å². The smallest absolute Gasteiger partial charge is 0.422 e. The number of likely N-dealkylation sites (tertiary alicyclic amines) is 1. The van der Waals surface area contributed by atoms with Crippen LogP contribution in [0.15, 0.2) is 54.6 Å². The minimum atomic E-state index is -4.75. The van der Waals surface area contributed by atoms with Gasteiger partial charge in [-0.05, 0) is 67.2 Å². The molecule has 1 saturated heterocycles. The van der Waals surface area contributed by atoms with Crippen molar-refractivity contribution in [1.82, 2.24) is 4.90 Å². The van der Waals surface area contributed by atoms with Crippen LogP contribution < -0.4 is 15.0 Å². The Morgan fingerprint density at radius 2 is 1.75 bits per heavy atom. The summed E-state index contributed by atoms with van der Waals surface area (Å²) in [7, 11) is 0. The van der Waals surface area contributed by atoms with E-state index in [2.05, 4.69) is 0 Å². The highest BCUT2D eigenvalue weighted by atomic mass is 35.6. The Kier molecular flexibility index (Phi) is 8.85.